The SMILES string of the molecule is CN=C(NCCOC)N1CCC(c2cnn(C)c2)C1.I. The molecule has 1 aromatic heterocycles. The number of guanidine groups is 1. The zero-order valence-corrected chi connectivity index (χ0v) is 14.7. The molecule has 0 aromatic carbocycles. The molecule has 1 aliphatic heterocycles. The molecule has 1 unspecified atom stereocenters. The number of likely N-dealkylation sites (tertiary alicyclic amines) is 1. The van der Waals surface area contributed by atoms with Crippen molar-refractivity contribution < 1.29 is 4.74 Å². The lowest BCUT2D eigenvalue weighted by molar-refractivity contribution is 0.203. The van der Waals surface area contributed by atoms with Crippen molar-refractivity contribution in [1.29, 1.82) is 0 Å². The van der Waals surface area contributed by atoms with Gasteiger partial charge in [-0.25, -0.2) is 0 Å². The molecule has 6 nitrogen and oxygen atoms in total. The van der Waals surface area contributed by atoms with E-state index in [1.54, 1.807) is 7.11 Å². The predicted octanol–water partition coefficient (Wildman–Crippen LogP) is 1.05. The van der Waals surface area contributed by atoms with E-state index in [4.69, 9.17) is 4.74 Å². The normalized spacial score (nSPS) is 19.1. The molecule has 0 radical (unpaired) electrons. The molecule has 0 spiro atoms. The van der Waals surface area contributed by atoms with E-state index in [9.17, 15) is 0 Å². The number of nitrogens with zero attached hydrogens (tertiary/aromatic N) is 4. The third-order valence-corrected chi connectivity index (χ3v) is 3.49. The molecule has 20 heavy (non-hydrogen) atoms. The highest BCUT2D eigenvalue weighted by Crippen LogP contribution is 2.26. The van der Waals surface area contributed by atoms with Crippen LogP contribution < -0.4 is 5.32 Å². The Labute approximate surface area is 137 Å². The highest BCUT2D eigenvalue weighted by Gasteiger charge is 2.26. The number of aromatic nitrogens is 2. The number of nitrogens with one attached hydrogen (secondary N) is 1. The third kappa shape index (κ3) is 4.34. The van der Waals surface area contributed by atoms with Crippen LogP contribution in [0.2, 0.25) is 0 Å². The van der Waals surface area contributed by atoms with Crippen LogP contribution in [0.15, 0.2) is 17.4 Å². The Kier molecular flexibility index (Phi) is 7.28. The molecule has 114 valence electrons. The minimum atomic E-state index is 0. The van der Waals surface area contributed by atoms with Gasteiger partial charge in [-0.3, -0.25) is 9.67 Å². The summed E-state index contributed by atoms with van der Waals surface area (Å²) in [6, 6.07) is 0. The van der Waals surface area contributed by atoms with E-state index in [0.29, 0.717) is 12.5 Å². The van der Waals surface area contributed by atoms with Gasteiger partial charge in [-0.2, -0.15) is 5.10 Å². The minimum absolute atomic E-state index is 0. The van der Waals surface area contributed by atoms with Gasteiger partial charge in [-0.05, 0) is 12.0 Å². The zero-order chi connectivity index (χ0) is 13.7. The average Bonchev–Trinajstić information content (AvgIpc) is 3.03. The highest BCUT2D eigenvalue weighted by atomic mass is 127. The fourth-order valence-corrected chi connectivity index (χ4v) is 2.47. The second-order valence-corrected chi connectivity index (χ2v) is 4.85. The first kappa shape index (κ1) is 17.2. The number of aliphatic imine (C=N–C) groups is 1. The van der Waals surface area contributed by atoms with Crippen molar-refractivity contribution in [2.75, 3.05) is 40.4 Å². The van der Waals surface area contributed by atoms with Gasteiger partial charge in [0.2, 0.25) is 0 Å². The van der Waals surface area contributed by atoms with Crippen LogP contribution >= 0.6 is 24.0 Å². The molecule has 1 saturated heterocycles. The monoisotopic (exact) mass is 393 g/mol. The maximum atomic E-state index is 5.05. The summed E-state index contributed by atoms with van der Waals surface area (Å²) in [6.07, 6.45) is 5.22. The molecular weight excluding hydrogens is 369 g/mol. The number of halogens is 1. The largest absolute Gasteiger partial charge is 0.383 e. The smallest absolute Gasteiger partial charge is 0.193 e. The molecule has 1 aliphatic rings. The van der Waals surface area contributed by atoms with Gasteiger partial charge in [0.1, 0.15) is 0 Å². The maximum absolute atomic E-state index is 5.05. The van der Waals surface area contributed by atoms with Gasteiger partial charge in [0.15, 0.2) is 5.96 Å². The summed E-state index contributed by atoms with van der Waals surface area (Å²) in [5.74, 6) is 1.51. The Balaban J connectivity index is 0.00000200. The second-order valence-electron chi connectivity index (χ2n) is 4.85. The number of rotatable bonds is 4. The number of aryl methyl sites for hydroxylation is 1. The van der Waals surface area contributed by atoms with Gasteiger partial charge in [0.25, 0.3) is 0 Å². The van der Waals surface area contributed by atoms with E-state index in [2.05, 4.69) is 26.5 Å². The first-order valence-electron chi connectivity index (χ1n) is 6.67. The van der Waals surface area contributed by atoms with Crippen LogP contribution in [0.1, 0.15) is 17.9 Å². The molecule has 1 fully saturated rings. The van der Waals surface area contributed by atoms with Crippen molar-refractivity contribution in [3.05, 3.63) is 18.0 Å². The van der Waals surface area contributed by atoms with Crippen LogP contribution in [-0.2, 0) is 11.8 Å². The van der Waals surface area contributed by atoms with Crippen LogP contribution in [-0.4, -0.2) is 61.0 Å². The standard InChI is InChI=1S/C13H23N5O.HI/c1-14-13(15-5-7-19-3)18-6-4-11(10-18)12-8-16-17(2)9-12;/h8-9,11H,4-7,10H2,1-3H3,(H,14,15);1H. The number of methoxy groups -OCH3 is 1. The van der Waals surface area contributed by atoms with Gasteiger partial charge < -0.3 is 15.0 Å². The van der Waals surface area contributed by atoms with Crippen molar-refractivity contribution in [3.8, 4) is 0 Å². The van der Waals surface area contributed by atoms with Crippen molar-refractivity contribution in [3.63, 3.8) is 0 Å². The van der Waals surface area contributed by atoms with Crippen molar-refractivity contribution in [2.45, 2.75) is 12.3 Å². The van der Waals surface area contributed by atoms with E-state index < -0.39 is 0 Å². The molecule has 1 atom stereocenters. The highest BCUT2D eigenvalue weighted by molar-refractivity contribution is 14.0. The van der Waals surface area contributed by atoms with Crippen LogP contribution in [0.25, 0.3) is 0 Å². The average molecular weight is 393 g/mol. The molecule has 0 saturated carbocycles. The molecule has 2 heterocycles. The molecule has 1 N–H and O–H groups in total. The maximum Gasteiger partial charge on any atom is 0.193 e. The summed E-state index contributed by atoms with van der Waals surface area (Å²) in [5.41, 5.74) is 1.32. The van der Waals surface area contributed by atoms with Gasteiger partial charge in [0.05, 0.1) is 12.8 Å². The van der Waals surface area contributed by atoms with E-state index in [1.165, 1.54) is 5.56 Å². The predicted molar refractivity (Wildman–Crippen MR) is 90.8 cm³/mol. The first-order valence-corrected chi connectivity index (χ1v) is 6.67. The fraction of sp³-hybridized carbons (Fsp3) is 0.692. The van der Waals surface area contributed by atoms with Gasteiger partial charge in [0, 0.05) is 53.0 Å². The van der Waals surface area contributed by atoms with E-state index in [-0.39, 0.29) is 24.0 Å². The summed E-state index contributed by atoms with van der Waals surface area (Å²) < 4.78 is 6.91. The van der Waals surface area contributed by atoms with Crippen molar-refractivity contribution in [1.82, 2.24) is 20.0 Å². The first-order chi connectivity index (χ1) is 9.24. The van der Waals surface area contributed by atoms with E-state index in [0.717, 1.165) is 32.0 Å². The lowest BCUT2D eigenvalue weighted by Crippen LogP contribution is -2.41. The molecule has 1 aromatic rings. The molecule has 0 bridgehead atoms. The molecule has 2 rings (SSSR count). The summed E-state index contributed by atoms with van der Waals surface area (Å²) >= 11 is 0. The summed E-state index contributed by atoms with van der Waals surface area (Å²) in [6.45, 7) is 3.51. The molecule has 7 heteroatoms. The Morgan fingerprint density at radius 2 is 2.40 bits per heavy atom. The van der Waals surface area contributed by atoms with E-state index >= 15 is 0 Å². The summed E-state index contributed by atoms with van der Waals surface area (Å²) in [4.78, 5) is 6.63. The zero-order valence-electron chi connectivity index (χ0n) is 12.4. The molecule has 0 aliphatic carbocycles. The Morgan fingerprint density at radius 3 is 3.00 bits per heavy atom. The molecule has 0 amide bonds. The van der Waals surface area contributed by atoms with Crippen molar-refractivity contribution in [2.24, 2.45) is 12.0 Å². The Bertz CT molecular complexity index is 434. The van der Waals surface area contributed by atoms with Gasteiger partial charge in [-0.15, -0.1) is 24.0 Å². The summed E-state index contributed by atoms with van der Waals surface area (Å²) in [5, 5.41) is 7.57. The van der Waals surface area contributed by atoms with Crippen LogP contribution in [0, 0.1) is 0 Å². The molecular formula is C13H24IN5O. The van der Waals surface area contributed by atoms with Crippen LogP contribution in [0.5, 0.6) is 0 Å². The number of hydrogen-bond acceptors (Lipinski definition) is 3. The fourth-order valence-electron chi connectivity index (χ4n) is 2.47. The topological polar surface area (TPSA) is 54.7 Å². The second kappa shape index (κ2) is 8.46. The number of ether oxygens (including phenoxy) is 1. The third-order valence-electron chi connectivity index (χ3n) is 3.49. The van der Waals surface area contributed by atoms with Gasteiger partial charge >= 0.3 is 0 Å². The lowest BCUT2D eigenvalue weighted by Gasteiger charge is -2.21. The lowest BCUT2D eigenvalue weighted by atomic mass is 10.0. The van der Waals surface area contributed by atoms with E-state index in [1.807, 2.05) is 25.0 Å². The number of hydrogen-bond donors (Lipinski definition) is 1. The van der Waals surface area contributed by atoms with Gasteiger partial charge in [-0.1, -0.05) is 0 Å². The minimum Gasteiger partial charge on any atom is -0.383 e. The van der Waals surface area contributed by atoms with Crippen molar-refractivity contribution >= 4 is 29.9 Å². The quantitative estimate of drug-likeness (QED) is 0.360. The Hall–Kier alpha value is -0.830. The van der Waals surface area contributed by atoms with Crippen LogP contribution in [0.3, 0.4) is 0 Å². The summed E-state index contributed by atoms with van der Waals surface area (Å²) in [7, 11) is 5.49. The van der Waals surface area contributed by atoms with Crippen LogP contribution in [0.4, 0.5) is 0 Å². The Morgan fingerprint density at radius 1 is 1.60 bits per heavy atom.